The van der Waals surface area contributed by atoms with Gasteiger partial charge in [0.25, 0.3) is 0 Å². The van der Waals surface area contributed by atoms with Gasteiger partial charge in [-0.3, -0.25) is 0 Å². The third-order valence-corrected chi connectivity index (χ3v) is 4.01. The van der Waals surface area contributed by atoms with Crippen LogP contribution in [0.5, 0.6) is 0 Å². The molecule has 2 atom stereocenters. The summed E-state index contributed by atoms with van der Waals surface area (Å²) in [6, 6.07) is 1.24. The predicted octanol–water partition coefficient (Wildman–Crippen LogP) is 2.17. The monoisotopic (exact) mass is 242 g/mol. The number of hydrogen-bond donors (Lipinski definition) is 2. The molecule has 0 saturated heterocycles. The minimum Gasteiger partial charge on any atom is -0.381 e. The van der Waals surface area contributed by atoms with Gasteiger partial charge >= 0.3 is 0 Å². The summed E-state index contributed by atoms with van der Waals surface area (Å²) in [5, 5.41) is 7.10. The number of rotatable bonds is 8. The van der Waals surface area contributed by atoms with Gasteiger partial charge in [0.05, 0.1) is 6.10 Å². The molecule has 0 amide bonds. The van der Waals surface area contributed by atoms with Gasteiger partial charge in [-0.15, -0.1) is 0 Å². The van der Waals surface area contributed by atoms with Crippen molar-refractivity contribution < 1.29 is 4.74 Å². The second-order valence-electron chi connectivity index (χ2n) is 6.10. The van der Waals surface area contributed by atoms with E-state index in [4.69, 9.17) is 4.74 Å². The fourth-order valence-corrected chi connectivity index (χ4v) is 2.55. The molecule has 2 N–H and O–H groups in total. The first-order valence-corrected chi connectivity index (χ1v) is 6.98. The van der Waals surface area contributed by atoms with Gasteiger partial charge in [-0.05, 0) is 32.4 Å². The van der Waals surface area contributed by atoms with Crippen molar-refractivity contribution in [2.24, 2.45) is 5.41 Å². The zero-order valence-electron chi connectivity index (χ0n) is 12.2. The van der Waals surface area contributed by atoms with E-state index in [-0.39, 0.29) is 0 Å². The van der Waals surface area contributed by atoms with Crippen LogP contribution >= 0.6 is 0 Å². The van der Waals surface area contributed by atoms with E-state index in [0.717, 1.165) is 19.5 Å². The van der Waals surface area contributed by atoms with Crippen LogP contribution < -0.4 is 10.6 Å². The molecule has 17 heavy (non-hydrogen) atoms. The van der Waals surface area contributed by atoms with E-state index in [2.05, 4.69) is 38.3 Å². The van der Waals surface area contributed by atoms with Gasteiger partial charge in [0, 0.05) is 24.6 Å². The topological polar surface area (TPSA) is 33.3 Å². The predicted molar refractivity (Wildman–Crippen MR) is 73.4 cm³/mol. The first-order valence-electron chi connectivity index (χ1n) is 6.98. The Balaban J connectivity index is 2.01. The van der Waals surface area contributed by atoms with Gasteiger partial charge in [-0.1, -0.05) is 27.7 Å². The lowest BCUT2D eigenvalue weighted by molar-refractivity contribution is -0.0972. The maximum absolute atomic E-state index is 5.45. The Hall–Kier alpha value is -0.120. The highest BCUT2D eigenvalue weighted by Gasteiger charge is 2.47. The summed E-state index contributed by atoms with van der Waals surface area (Å²) in [5.74, 6) is 0. The van der Waals surface area contributed by atoms with E-state index in [1.54, 1.807) is 0 Å². The molecule has 1 fully saturated rings. The van der Waals surface area contributed by atoms with Crippen molar-refractivity contribution in [3.8, 4) is 0 Å². The van der Waals surface area contributed by atoms with Crippen LogP contribution in [0.1, 0.15) is 47.0 Å². The molecule has 0 spiro atoms. The molecule has 3 nitrogen and oxygen atoms in total. The minimum absolute atomic E-state index is 0.297. The minimum atomic E-state index is 0.297. The molecule has 102 valence electrons. The lowest BCUT2D eigenvalue weighted by Gasteiger charge is -2.51. The molecule has 0 radical (unpaired) electrons. The van der Waals surface area contributed by atoms with Crippen molar-refractivity contribution in [2.45, 2.75) is 65.1 Å². The largest absolute Gasteiger partial charge is 0.381 e. The highest BCUT2D eigenvalue weighted by Crippen LogP contribution is 2.42. The summed E-state index contributed by atoms with van der Waals surface area (Å²) >= 11 is 0. The number of methoxy groups -OCH3 is 1. The average molecular weight is 242 g/mol. The Kier molecular flexibility index (Phi) is 5.90. The second-order valence-corrected chi connectivity index (χ2v) is 6.10. The summed E-state index contributed by atoms with van der Waals surface area (Å²) in [6.45, 7) is 11.2. The molecule has 3 heteroatoms. The Morgan fingerprint density at radius 2 is 1.88 bits per heavy atom. The molecule has 0 aliphatic heterocycles. The summed E-state index contributed by atoms with van der Waals surface area (Å²) in [7, 11) is 1.82. The molecule has 0 bridgehead atoms. The van der Waals surface area contributed by atoms with E-state index in [1.807, 2.05) is 7.11 Å². The van der Waals surface area contributed by atoms with Gasteiger partial charge in [0.2, 0.25) is 0 Å². The van der Waals surface area contributed by atoms with Crippen LogP contribution in [0.25, 0.3) is 0 Å². The van der Waals surface area contributed by atoms with Crippen molar-refractivity contribution in [2.75, 3.05) is 20.2 Å². The zero-order chi connectivity index (χ0) is 12.9. The van der Waals surface area contributed by atoms with Gasteiger partial charge in [0.1, 0.15) is 0 Å². The molecular weight excluding hydrogens is 212 g/mol. The van der Waals surface area contributed by atoms with Crippen molar-refractivity contribution in [3.63, 3.8) is 0 Å². The first-order chi connectivity index (χ1) is 7.98. The van der Waals surface area contributed by atoms with E-state index in [9.17, 15) is 0 Å². The molecule has 0 heterocycles. The number of ether oxygens (including phenoxy) is 1. The first kappa shape index (κ1) is 14.9. The quantitative estimate of drug-likeness (QED) is 0.640. The Morgan fingerprint density at radius 1 is 1.24 bits per heavy atom. The van der Waals surface area contributed by atoms with E-state index in [1.165, 1.54) is 12.8 Å². The Labute approximate surface area is 107 Å². The number of nitrogens with one attached hydrogen (secondary N) is 2. The van der Waals surface area contributed by atoms with E-state index < -0.39 is 0 Å². The van der Waals surface area contributed by atoms with Crippen molar-refractivity contribution >= 4 is 0 Å². The lowest BCUT2D eigenvalue weighted by atomic mass is 9.64. The fourth-order valence-electron chi connectivity index (χ4n) is 2.55. The summed E-state index contributed by atoms with van der Waals surface area (Å²) in [6.07, 6.45) is 4.10. The maximum atomic E-state index is 5.45. The zero-order valence-corrected chi connectivity index (χ0v) is 12.2. The van der Waals surface area contributed by atoms with Crippen LogP contribution in [0.4, 0.5) is 0 Å². The van der Waals surface area contributed by atoms with E-state index >= 15 is 0 Å². The summed E-state index contributed by atoms with van der Waals surface area (Å²) < 4.78 is 5.45. The fraction of sp³-hybridized carbons (Fsp3) is 1.00. The lowest BCUT2D eigenvalue weighted by Crippen LogP contribution is -2.60. The van der Waals surface area contributed by atoms with Crippen LogP contribution in [0, 0.1) is 5.41 Å². The van der Waals surface area contributed by atoms with Gasteiger partial charge in [0.15, 0.2) is 0 Å². The molecule has 1 rings (SSSR count). The number of hydrogen-bond acceptors (Lipinski definition) is 3. The van der Waals surface area contributed by atoms with Gasteiger partial charge < -0.3 is 15.4 Å². The van der Waals surface area contributed by atoms with Crippen LogP contribution in [0.3, 0.4) is 0 Å². The smallest absolute Gasteiger partial charge is 0.0652 e. The Morgan fingerprint density at radius 3 is 2.41 bits per heavy atom. The van der Waals surface area contributed by atoms with Gasteiger partial charge in [-0.2, -0.15) is 0 Å². The molecule has 1 aliphatic carbocycles. The molecular formula is C14H30N2O. The van der Waals surface area contributed by atoms with Crippen molar-refractivity contribution in [1.82, 2.24) is 10.6 Å². The SMILES string of the molecule is COC1CC(NCCCCNC(C)C)C1(C)C. The maximum Gasteiger partial charge on any atom is 0.0652 e. The molecule has 0 aromatic carbocycles. The third kappa shape index (κ3) is 4.23. The molecule has 2 unspecified atom stereocenters. The van der Waals surface area contributed by atoms with Crippen LogP contribution in [0.2, 0.25) is 0 Å². The molecule has 1 aliphatic rings. The van der Waals surface area contributed by atoms with Crippen molar-refractivity contribution in [3.05, 3.63) is 0 Å². The van der Waals surface area contributed by atoms with Gasteiger partial charge in [-0.25, -0.2) is 0 Å². The van der Waals surface area contributed by atoms with Crippen molar-refractivity contribution in [1.29, 1.82) is 0 Å². The number of unbranched alkanes of at least 4 members (excludes halogenated alkanes) is 1. The third-order valence-electron chi connectivity index (χ3n) is 4.01. The standard InChI is InChI=1S/C14H30N2O/c1-11(2)15-8-6-7-9-16-12-10-13(17-5)14(12,3)4/h11-13,15-16H,6-10H2,1-5H3. The highest BCUT2D eigenvalue weighted by atomic mass is 16.5. The Bertz CT molecular complexity index is 216. The molecule has 1 saturated carbocycles. The van der Waals surface area contributed by atoms with Crippen LogP contribution in [-0.2, 0) is 4.74 Å². The summed E-state index contributed by atoms with van der Waals surface area (Å²) in [5.41, 5.74) is 0.297. The normalized spacial score (nSPS) is 27.2. The highest BCUT2D eigenvalue weighted by molar-refractivity contribution is 5.02. The summed E-state index contributed by atoms with van der Waals surface area (Å²) in [4.78, 5) is 0. The molecule has 0 aromatic heterocycles. The van der Waals surface area contributed by atoms with Crippen LogP contribution in [0.15, 0.2) is 0 Å². The average Bonchev–Trinajstić information content (AvgIpc) is 2.25. The van der Waals surface area contributed by atoms with Crippen LogP contribution in [-0.4, -0.2) is 38.4 Å². The second kappa shape index (κ2) is 6.72. The molecule has 0 aromatic rings. The van der Waals surface area contributed by atoms with E-state index in [0.29, 0.717) is 23.6 Å².